The number of rotatable bonds is 7. The highest BCUT2D eigenvalue weighted by molar-refractivity contribution is 6.83. The van der Waals surface area contributed by atoms with Crippen LogP contribution in [0.4, 0.5) is 0 Å². The van der Waals surface area contributed by atoms with E-state index in [1.54, 1.807) is 21.3 Å². The van der Waals surface area contributed by atoms with Crippen LogP contribution in [0.15, 0.2) is 0 Å². The first kappa shape index (κ1) is 14.3. The van der Waals surface area contributed by atoms with Crippen LogP contribution in [0, 0.1) is 0 Å². The lowest BCUT2D eigenvalue weighted by molar-refractivity contribution is 0.265. The Bertz CT molecular complexity index is 149. The van der Waals surface area contributed by atoms with E-state index in [1.165, 1.54) is 0 Å². The van der Waals surface area contributed by atoms with Crippen molar-refractivity contribution in [2.75, 3.05) is 21.3 Å². The van der Waals surface area contributed by atoms with Crippen LogP contribution in [0.25, 0.3) is 0 Å². The lowest BCUT2D eigenvalue weighted by atomic mass is 10.4. The maximum atomic E-state index is 5.64. The molecule has 0 aromatic rings. The van der Waals surface area contributed by atoms with Crippen LogP contribution in [0.3, 0.4) is 0 Å². The minimum Gasteiger partial charge on any atom is -0.420 e. The zero-order chi connectivity index (χ0) is 11.2. The van der Waals surface area contributed by atoms with Gasteiger partial charge in [0.1, 0.15) is 0 Å². The van der Waals surface area contributed by atoms with E-state index in [4.69, 9.17) is 13.3 Å². The van der Waals surface area contributed by atoms with Gasteiger partial charge in [-0.1, -0.05) is 13.3 Å². The van der Waals surface area contributed by atoms with Crippen LogP contribution in [0.5, 0.6) is 0 Å². The van der Waals surface area contributed by atoms with Crippen LogP contribution in [0.2, 0.25) is 18.3 Å². The highest BCUT2D eigenvalue weighted by Gasteiger charge is 2.41. The van der Waals surface area contributed by atoms with E-state index >= 15 is 0 Å². The Labute approximate surface area is 90.7 Å². The van der Waals surface area contributed by atoms with Crippen LogP contribution in [-0.4, -0.2) is 38.9 Å². The second-order valence-electron chi connectivity index (χ2n) is 3.88. The Balaban J connectivity index is 4.55. The van der Waals surface area contributed by atoms with Gasteiger partial charge in [0, 0.05) is 26.5 Å². The maximum absolute atomic E-state index is 5.64. The normalized spacial score (nSPS) is 14.8. The molecule has 0 N–H and O–H groups in total. The maximum Gasteiger partial charge on any atom is 0.386 e. The van der Waals surface area contributed by atoms with Crippen molar-refractivity contribution in [2.24, 2.45) is 0 Å². The Kier molecular flexibility index (Phi) is 6.89. The summed E-state index contributed by atoms with van der Waals surface area (Å²) >= 11 is 0. The van der Waals surface area contributed by atoms with Crippen LogP contribution in [-0.2, 0) is 13.3 Å². The van der Waals surface area contributed by atoms with E-state index < -0.39 is 17.6 Å². The predicted octanol–water partition coefficient (Wildman–Crippen LogP) is 2.33. The highest BCUT2D eigenvalue weighted by atomic mass is 28.4. The lowest BCUT2D eigenvalue weighted by Gasteiger charge is -2.32. The molecule has 5 heteroatoms. The molecule has 3 nitrogen and oxygen atoms in total. The van der Waals surface area contributed by atoms with Crippen LogP contribution >= 0.6 is 0 Å². The van der Waals surface area contributed by atoms with Gasteiger partial charge in [0.2, 0.25) is 0 Å². The first-order valence-electron chi connectivity index (χ1n) is 5.03. The van der Waals surface area contributed by atoms with E-state index in [0.29, 0.717) is 5.16 Å². The third kappa shape index (κ3) is 3.82. The largest absolute Gasteiger partial charge is 0.420 e. The van der Waals surface area contributed by atoms with Crippen LogP contribution in [0.1, 0.15) is 19.8 Å². The minimum absolute atomic E-state index is 0.498. The summed E-state index contributed by atoms with van der Waals surface area (Å²) in [4.78, 5) is 0. The highest BCUT2D eigenvalue weighted by Crippen LogP contribution is 2.30. The van der Waals surface area contributed by atoms with Gasteiger partial charge < -0.3 is 13.3 Å². The van der Waals surface area contributed by atoms with E-state index in [0.717, 1.165) is 12.8 Å². The molecule has 0 bridgehead atoms. The molecule has 0 saturated heterocycles. The molecule has 1 atom stereocenters. The van der Waals surface area contributed by atoms with Gasteiger partial charge in [-0.25, -0.2) is 0 Å². The zero-order valence-electron chi connectivity index (χ0n) is 10.2. The van der Waals surface area contributed by atoms with Crippen molar-refractivity contribution in [2.45, 2.75) is 38.0 Å². The van der Waals surface area contributed by atoms with Crippen molar-refractivity contribution in [3.63, 3.8) is 0 Å². The molecule has 0 saturated carbocycles. The van der Waals surface area contributed by atoms with Crippen molar-refractivity contribution in [3.8, 4) is 0 Å². The van der Waals surface area contributed by atoms with Crippen molar-refractivity contribution in [1.82, 2.24) is 0 Å². The Morgan fingerprint density at radius 3 is 1.93 bits per heavy atom. The van der Waals surface area contributed by atoms with Gasteiger partial charge in [0.25, 0.3) is 0 Å². The molecule has 0 heterocycles. The second-order valence-corrected chi connectivity index (χ2v) is 10.9. The summed E-state index contributed by atoms with van der Waals surface area (Å²) in [6.45, 7) is 6.66. The SMILES string of the molecule is CCCC([Si](OC)OC)[Si](C)(C)OC. The lowest BCUT2D eigenvalue weighted by Crippen LogP contribution is -2.45. The summed E-state index contributed by atoms with van der Waals surface area (Å²) in [5.74, 6) is 0. The topological polar surface area (TPSA) is 27.7 Å². The van der Waals surface area contributed by atoms with Crippen molar-refractivity contribution >= 4 is 17.6 Å². The van der Waals surface area contributed by atoms with Gasteiger partial charge in [-0.15, -0.1) is 0 Å². The Morgan fingerprint density at radius 1 is 1.14 bits per heavy atom. The van der Waals surface area contributed by atoms with E-state index in [-0.39, 0.29) is 0 Å². The summed E-state index contributed by atoms with van der Waals surface area (Å²) in [5.41, 5.74) is 0. The summed E-state index contributed by atoms with van der Waals surface area (Å²) in [7, 11) is 2.48. The molecule has 14 heavy (non-hydrogen) atoms. The molecule has 0 aromatic heterocycles. The molecule has 0 aliphatic carbocycles. The summed E-state index contributed by atoms with van der Waals surface area (Å²) < 4.78 is 16.5. The van der Waals surface area contributed by atoms with Gasteiger partial charge in [0.05, 0.1) is 0 Å². The van der Waals surface area contributed by atoms with E-state index in [2.05, 4.69) is 20.0 Å². The van der Waals surface area contributed by atoms with E-state index in [9.17, 15) is 0 Å². The Hall–Kier alpha value is 0.314. The van der Waals surface area contributed by atoms with Gasteiger partial charge in [0.15, 0.2) is 8.32 Å². The quantitative estimate of drug-likeness (QED) is 0.634. The van der Waals surface area contributed by atoms with Gasteiger partial charge in [-0.3, -0.25) is 0 Å². The van der Waals surface area contributed by atoms with Gasteiger partial charge >= 0.3 is 9.28 Å². The monoisotopic (exact) mass is 235 g/mol. The van der Waals surface area contributed by atoms with Gasteiger partial charge in [-0.2, -0.15) is 0 Å². The molecule has 0 spiro atoms. The first-order valence-corrected chi connectivity index (χ1v) is 9.41. The second kappa shape index (κ2) is 6.73. The fourth-order valence-electron chi connectivity index (χ4n) is 1.55. The van der Waals surface area contributed by atoms with Crippen LogP contribution < -0.4 is 0 Å². The fraction of sp³-hybridized carbons (Fsp3) is 1.00. The van der Waals surface area contributed by atoms with Crippen molar-refractivity contribution in [3.05, 3.63) is 0 Å². The summed E-state index contributed by atoms with van der Waals surface area (Å²) in [6, 6.07) is 0. The average Bonchev–Trinajstić information content (AvgIpc) is 2.18. The van der Waals surface area contributed by atoms with Gasteiger partial charge in [-0.05, 0) is 19.5 Å². The molecular weight excluding hydrogens is 212 g/mol. The predicted molar refractivity (Wildman–Crippen MR) is 62.9 cm³/mol. The third-order valence-electron chi connectivity index (χ3n) is 2.63. The molecule has 0 aromatic carbocycles. The van der Waals surface area contributed by atoms with Crippen molar-refractivity contribution in [1.29, 1.82) is 0 Å². The van der Waals surface area contributed by atoms with Crippen molar-refractivity contribution < 1.29 is 13.3 Å². The minimum atomic E-state index is -1.64. The molecular formula is C9H23O3Si2. The molecule has 0 fully saturated rings. The molecule has 0 aliphatic rings. The fourth-order valence-corrected chi connectivity index (χ4v) is 7.41. The zero-order valence-corrected chi connectivity index (χ0v) is 12.2. The standard InChI is InChI=1S/C9H23O3Si2/c1-7-8-9(13(10-2)11-3)14(5,6)12-4/h9H,7-8H2,1-6H3. The molecule has 0 aliphatic heterocycles. The average molecular weight is 235 g/mol. The number of hydrogen-bond acceptors (Lipinski definition) is 3. The molecule has 1 radical (unpaired) electrons. The Morgan fingerprint density at radius 2 is 1.64 bits per heavy atom. The molecule has 0 amide bonds. The molecule has 85 valence electrons. The molecule has 0 rings (SSSR count). The third-order valence-corrected chi connectivity index (χ3v) is 10.1. The molecule has 1 unspecified atom stereocenters. The first-order chi connectivity index (χ1) is 6.53. The summed E-state index contributed by atoms with van der Waals surface area (Å²) in [6.07, 6.45) is 2.30. The number of hydrogen-bond donors (Lipinski definition) is 0. The smallest absolute Gasteiger partial charge is 0.386 e. The van der Waals surface area contributed by atoms with E-state index in [1.807, 2.05) is 0 Å². The summed E-state index contributed by atoms with van der Waals surface area (Å²) in [5, 5.41) is 0.498.